The van der Waals surface area contributed by atoms with Crippen molar-refractivity contribution >= 4 is 25.3 Å². The fourth-order valence-electron chi connectivity index (χ4n) is 3.95. The van der Waals surface area contributed by atoms with E-state index >= 15 is 0 Å². The molecule has 0 radical (unpaired) electrons. The Balaban J connectivity index is 0.000000258. The fourth-order valence-corrected chi connectivity index (χ4v) is 4.68. The molecule has 1 heteroatoms. The molecule has 4 aromatic rings. The number of hydrogen-bond donors (Lipinski definition) is 0. The number of unbranched alkanes of at least 4 members (excludes halogenated alkanes) is 4. The second-order valence-electron chi connectivity index (χ2n) is 11.3. The number of hydrogen-bond acceptors (Lipinski definition) is 0. The molecule has 0 unspecified atom stereocenters. The van der Waals surface area contributed by atoms with Gasteiger partial charge in [0.2, 0.25) is 0 Å². The van der Waals surface area contributed by atoms with Gasteiger partial charge in [-0.25, -0.2) is 12.1 Å². The molecule has 0 fully saturated rings. The molecule has 0 saturated carbocycles. The zero-order valence-electron chi connectivity index (χ0n) is 22.5. The quantitative estimate of drug-likeness (QED) is 0.119. The molecule has 0 amide bonds. The van der Waals surface area contributed by atoms with E-state index in [4.69, 9.17) is 0 Å². The summed E-state index contributed by atoms with van der Waals surface area (Å²) >= 11 is 1.28. The SMILES string of the molecule is CC(C)(C)c1ccc2c(c1)[cH-]c1cc(C(C)(C)C)ccc12.CCCCCC[CH]=[Hf+2].c1cc[cH-]c1. The molecule has 0 aliphatic rings. The van der Waals surface area contributed by atoms with Gasteiger partial charge < -0.3 is 0 Å². The summed E-state index contributed by atoms with van der Waals surface area (Å²) < 4.78 is 2.38. The normalized spacial score (nSPS) is 11.6. The van der Waals surface area contributed by atoms with Crippen LogP contribution in [0, 0.1) is 0 Å². The summed E-state index contributed by atoms with van der Waals surface area (Å²) in [5.41, 5.74) is 3.21. The van der Waals surface area contributed by atoms with Crippen LogP contribution in [0.5, 0.6) is 0 Å². The summed E-state index contributed by atoms with van der Waals surface area (Å²) in [6, 6.07) is 26.2. The van der Waals surface area contributed by atoms with E-state index in [1.54, 1.807) is 0 Å². The first-order valence-electron chi connectivity index (χ1n) is 12.9. The Morgan fingerprint density at radius 1 is 0.735 bits per heavy atom. The van der Waals surface area contributed by atoms with Crippen molar-refractivity contribution in [2.45, 2.75) is 91.4 Å². The van der Waals surface area contributed by atoms with Crippen LogP contribution in [0.2, 0.25) is 0 Å². The zero-order valence-corrected chi connectivity index (χ0v) is 26.1. The molecule has 0 aliphatic carbocycles. The molecular formula is C33H44Hf. The summed E-state index contributed by atoms with van der Waals surface area (Å²) in [7, 11) is 0. The van der Waals surface area contributed by atoms with Crippen molar-refractivity contribution in [1.29, 1.82) is 0 Å². The molecule has 0 atom stereocenters. The Morgan fingerprint density at radius 3 is 1.59 bits per heavy atom. The summed E-state index contributed by atoms with van der Waals surface area (Å²) in [5.74, 6) is 0. The maximum absolute atomic E-state index is 2.38. The van der Waals surface area contributed by atoms with Crippen LogP contribution in [0.25, 0.3) is 21.5 Å². The summed E-state index contributed by atoms with van der Waals surface area (Å²) in [6.07, 6.45) is 7.02. The van der Waals surface area contributed by atoms with Crippen molar-refractivity contribution in [3.05, 3.63) is 83.9 Å². The van der Waals surface area contributed by atoms with Gasteiger partial charge in [-0.15, -0.1) is 39.7 Å². The summed E-state index contributed by atoms with van der Waals surface area (Å²) in [5, 5.41) is 5.48. The minimum Gasteiger partial charge on any atom is -0.214 e. The molecule has 180 valence electrons. The first kappa shape index (κ1) is 28.6. The molecule has 0 N–H and O–H groups in total. The van der Waals surface area contributed by atoms with E-state index in [1.807, 2.05) is 30.3 Å². The summed E-state index contributed by atoms with van der Waals surface area (Å²) in [4.78, 5) is 0. The van der Waals surface area contributed by atoms with Crippen molar-refractivity contribution < 1.29 is 23.9 Å². The second-order valence-corrected chi connectivity index (χ2v) is 12.7. The minimum absolute atomic E-state index is 0.203. The molecule has 0 heterocycles. The monoisotopic (exact) mass is 620 g/mol. The van der Waals surface area contributed by atoms with E-state index in [0.29, 0.717) is 0 Å². The molecule has 4 aromatic carbocycles. The predicted molar refractivity (Wildman–Crippen MR) is 151 cm³/mol. The average molecular weight is 619 g/mol. The van der Waals surface area contributed by atoms with Gasteiger partial charge in [0, 0.05) is 0 Å². The first-order chi connectivity index (χ1) is 16.1. The van der Waals surface area contributed by atoms with Crippen molar-refractivity contribution in [2.24, 2.45) is 0 Å². The fraction of sp³-hybridized carbons (Fsp3) is 0.424. The van der Waals surface area contributed by atoms with Gasteiger partial charge in [-0.05, 0) is 10.8 Å². The Kier molecular flexibility index (Phi) is 11.4. The van der Waals surface area contributed by atoms with Gasteiger partial charge >= 0.3 is 66.7 Å². The topological polar surface area (TPSA) is 0 Å². The van der Waals surface area contributed by atoms with Crippen LogP contribution in [0.3, 0.4) is 0 Å². The minimum atomic E-state index is 0.203. The largest absolute Gasteiger partial charge is 0.214 e. The third-order valence-corrected chi connectivity index (χ3v) is 7.23. The van der Waals surface area contributed by atoms with Crippen LogP contribution in [-0.2, 0) is 34.7 Å². The van der Waals surface area contributed by atoms with Gasteiger partial charge in [0.15, 0.2) is 0 Å². The van der Waals surface area contributed by atoms with E-state index in [2.05, 4.69) is 94.7 Å². The average Bonchev–Trinajstić information content (AvgIpc) is 3.46. The zero-order chi connectivity index (χ0) is 25.2. The van der Waals surface area contributed by atoms with E-state index in [9.17, 15) is 0 Å². The van der Waals surface area contributed by atoms with Crippen LogP contribution in [-0.4, -0.2) is 3.76 Å². The van der Waals surface area contributed by atoms with E-state index in [0.717, 1.165) is 0 Å². The molecule has 0 bridgehead atoms. The van der Waals surface area contributed by atoms with Gasteiger partial charge in [-0.2, -0.15) is 18.2 Å². The van der Waals surface area contributed by atoms with E-state index in [1.165, 1.54) is 88.7 Å². The number of fused-ring (bicyclic) bond motifs is 3. The standard InChI is InChI=1S/C21H25.C7H14.C5H5.Hf/c1-20(2,3)16-7-9-18-14(12-16)11-15-13-17(21(4,5)6)8-10-19(15)18;1-3-5-7-6-4-2;1-2-4-5-3-1;/h7-13H,1-6H3;1H,3-7H2,2H3;1-5H;/q-1;;-1;+2. The molecule has 4 rings (SSSR count). The first-order valence-corrected chi connectivity index (χ1v) is 14.9. The van der Waals surface area contributed by atoms with Crippen LogP contribution in [0.1, 0.15) is 91.7 Å². The van der Waals surface area contributed by atoms with Gasteiger partial charge in [0.1, 0.15) is 0 Å². The Labute approximate surface area is 223 Å². The maximum Gasteiger partial charge on any atom is -0.172 e. The third kappa shape index (κ3) is 8.88. The van der Waals surface area contributed by atoms with Crippen LogP contribution in [0.4, 0.5) is 0 Å². The van der Waals surface area contributed by atoms with Crippen LogP contribution in [0.15, 0.2) is 72.8 Å². The molecule has 0 aromatic heterocycles. The number of rotatable bonds is 5. The Bertz CT molecular complexity index is 1030. The number of benzene rings is 2. The van der Waals surface area contributed by atoms with Gasteiger partial charge in [-0.1, -0.05) is 76.9 Å². The van der Waals surface area contributed by atoms with Crippen LogP contribution < -0.4 is 0 Å². The van der Waals surface area contributed by atoms with Gasteiger partial charge in [-0.3, -0.25) is 0 Å². The van der Waals surface area contributed by atoms with Gasteiger partial charge in [0.25, 0.3) is 0 Å². The summed E-state index contributed by atoms with van der Waals surface area (Å²) in [6.45, 7) is 15.9. The van der Waals surface area contributed by atoms with Crippen molar-refractivity contribution in [3.63, 3.8) is 0 Å². The Morgan fingerprint density at radius 2 is 1.24 bits per heavy atom. The second kappa shape index (κ2) is 13.5. The molecule has 0 aliphatic heterocycles. The van der Waals surface area contributed by atoms with Crippen molar-refractivity contribution in [2.75, 3.05) is 0 Å². The van der Waals surface area contributed by atoms with Crippen molar-refractivity contribution in [1.82, 2.24) is 0 Å². The molecule has 0 nitrogen and oxygen atoms in total. The van der Waals surface area contributed by atoms with Crippen LogP contribution >= 0.6 is 0 Å². The van der Waals surface area contributed by atoms with Crippen molar-refractivity contribution in [3.8, 4) is 0 Å². The molecule has 34 heavy (non-hydrogen) atoms. The molecule has 0 spiro atoms. The van der Waals surface area contributed by atoms with E-state index < -0.39 is 0 Å². The van der Waals surface area contributed by atoms with Gasteiger partial charge in [0.05, 0.1) is 0 Å². The molecule has 0 saturated heterocycles. The maximum atomic E-state index is 2.38. The predicted octanol–water partition coefficient (Wildman–Crippen LogP) is 10.0. The smallest absolute Gasteiger partial charge is 0.172 e. The third-order valence-electron chi connectivity index (χ3n) is 6.19. The Hall–Kier alpha value is -1.60. The van der Waals surface area contributed by atoms with E-state index in [-0.39, 0.29) is 10.8 Å². The molecular weight excluding hydrogens is 575 g/mol.